The van der Waals surface area contributed by atoms with Crippen molar-refractivity contribution in [1.82, 2.24) is 14.6 Å². The average Bonchev–Trinajstić information content (AvgIpc) is 2.84. The van der Waals surface area contributed by atoms with Crippen molar-refractivity contribution in [3.05, 3.63) is 53.5 Å². The summed E-state index contributed by atoms with van der Waals surface area (Å²) >= 11 is 0. The summed E-state index contributed by atoms with van der Waals surface area (Å²) in [7, 11) is 0. The van der Waals surface area contributed by atoms with Crippen molar-refractivity contribution in [2.45, 2.75) is 20.8 Å². The third-order valence-electron chi connectivity index (χ3n) is 3.51. The van der Waals surface area contributed by atoms with Gasteiger partial charge in [-0.1, -0.05) is 29.8 Å². The molecule has 0 aliphatic heterocycles. The zero-order valence-electron chi connectivity index (χ0n) is 11.7. The van der Waals surface area contributed by atoms with Gasteiger partial charge >= 0.3 is 0 Å². The predicted octanol–water partition coefficient (Wildman–Crippen LogP) is 3.22. The Bertz CT molecular complexity index is 800. The van der Waals surface area contributed by atoms with Gasteiger partial charge in [0.1, 0.15) is 0 Å². The van der Waals surface area contributed by atoms with E-state index in [4.69, 9.17) is 0 Å². The number of ketones is 1. The molecule has 0 radical (unpaired) electrons. The summed E-state index contributed by atoms with van der Waals surface area (Å²) in [6, 6.07) is 8.25. The van der Waals surface area contributed by atoms with Crippen molar-refractivity contribution in [2.24, 2.45) is 0 Å². The first kappa shape index (κ1) is 12.5. The second-order valence-corrected chi connectivity index (χ2v) is 4.97. The van der Waals surface area contributed by atoms with Crippen LogP contribution in [0.3, 0.4) is 0 Å². The highest BCUT2D eigenvalue weighted by Gasteiger charge is 2.13. The normalized spacial score (nSPS) is 10.9. The predicted molar refractivity (Wildman–Crippen MR) is 77.9 cm³/mol. The van der Waals surface area contributed by atoms with Crippen molar-refractivity contribution in [1.29, 1.82) is 0 Å². The molecule has 3 rings (SSSR count). The van der Waals surface area contributed by atoms with Crippen LogP contribution in [0.1, 0.15) is 28.5 Å². The topological polar surface area (TPSA) is 47.3 Å². The molecule has 2 aromatic heterocycles. The van der Waals surface area contributed by atoms with E-state index < -0.39 is 0 Å². The Hall–Kier alpha value is -2.49. The maximum absolute atomic E-state index is 11.5. The van der Waals surface area contributed by atoms with Crippen LogP contribution >= 0.6 is 0 Å². The number of hydrogen-bond acceptors (Lipinski definition) is 3. The summed E-state index contributed by atoms with van der Waals surface area (Å²) < 4.78 is 1.73. The first-order chi connectivity index (χ1) is 9.58. The third-order valence-corrected chi connectivity index (χ3v) is 3.51. The largest absolute Gasteiger partial charge is 0.294 e. The number of benzene rings is 1. The number of carbonyl (C=O) groups excluding carboxylic acids is 1. The Kier molecular flexibility index (Phi) is 2.86. The molecular weight excluding hydrogens is 250 g/mol. The van der Waals surface area contributed by atoms with E-state index in [1.54, 1.807) is 23.8 Å². The zero-order valence-corrected chi connectivity index (χ0v) is 11.7. The quantitative estimate of drug-likeness (QED) is 0.668. The van der Waals surface area contributed by atoms with Gasteiger partial charge in [0.25, 0.3) is 0 Å². The molecule has 0 N–H and O–H groups in total. The fourth-order valence-corrected chi connectivity index (χ4v) is 2.33. The molecule has 0 bridgehead atoms. The summed E-state index contributed by atoms with van der Waals surface area (Å²) in [4.78, 5) is 15.9. The maximum atomic E-state index is 11.5. The van der Waals surface area contributed by atoms with E-state index >= 15 is 0 Å². The molecule has 4 heteroatoms. The lowest BCUT2D eigenvalue weighted by atomic mass is 10.1. The van der Waals surface area contributed by atoms with Gasteiger partial charge in [0.05, 0.1) is 17.5 Å². The van der Waals surface area contributed by atoms with E-state index in [0.717, 1.165) is 22.5 Å². The van der Waals surface area contributed by atoms with Crippen LogP contribution in [0.2, 0.25) is 0 Å². The standard InChI is InChI=1S/C16H15N3O/c1-10-4-6-13(7-5-10)15-9-18-19-11(2)14(12(3)20)8-17-16(15)19/h4-9H,1-3H3. The Labute approximate surface area is 117 Å². The molecule has 4 nitrogen and oxygen atoms in total. The number of fused-ring (bicyclic) bond motifs is 1. The van der Waals surface area contributed by atoms with Gasteiger partial charge in [-0.05, 0) is 26.3 Å². The van der Waals surface area contributed by atoms with Gasteiger partial charge in [-0.15, -0.1) is 0 Å². The number of Topliss-reactive ketones (excluding diaryl/α,β-unsaturated/α-hetero) is 1. The Morgan fingerprint density at radius 3 is 2.45 bits per heavy atom. The van der Waals surface area contributed by atoms with Gasteiger partial charge in [0.2, 0.25) is 0 Å². The van der Waals surface area contributed by atoms with Gasteiger partial charge in [-0.25, -0.2) is 9.50 Å². The molecule has 0 aliphatic carbocycles. The highest BCUT2D eigenvalue weighted by Crippen LogP contribution is 2.24. The fourth-order valence-electron chi connectivity index (χ4n) is 2.33. The molecule has 0 spiro atoms. The van der Waals surface area contributed by atoms with Crippen LogP contribution in [-0.2, 0) is 0 Å². The second-order valence-electron chi connectivity index (χ2n) is 4.97. The Morgan fingerprint density at radius 1 is 1.10 bits per heavy atom. The summed E-state index contributed by atoms with van der Waals surface area (Å²) in [6.07, 6.45) is 3.43. The molecule has 0 saturated carbocycles. The van der Waals surface area contributed by atoms with E-state index in [9.17, 15) is 4.79 Å². The minimum absolute atomic E-state index is 0.00397. The van der Waals surface area contributed by atoms with Gasteiger partial charge < -0.3 is 0 Å². The first-order valence-electron chi connectivity index (χ1n) is 6.49. The monoisotopic (exact) mass is 265 g/mol. The van der Waals surface area contributed by atoms with Crippen LogP contribution in [0.5, 0.6) is 0 Å². The van der Waals surface area contributed by atoms with Crippen LogP contribution in [0.25, 0.3) is 16.8 Å². The fraction of sp³-hybridized carbons (Fsp3) is 0.188. The molecule has 1 aromatic carbocycles. The average molecular weight is 265 g/mol. The maximum Gasteiger partial charge on any atom is 0.163 e. The van der Waals surface area contributed by atoms with Crippen LogP contribution in [-0.4, -0.2) is 20.4 Å². The van der Waals surface area contributed by atoms with E-state index in [2.05, 4.69) is 41.3 Å². The highest BCUT2D eigenvalue weighted by molar-refractivity contribution is 5.95. The Balaban J connectivity index is 2.22. The molecule has 20 heavy (non-hydrogen) atoms. The lowest BCUT2D eigenvalue weighted by Gasteiger charge is -2.05. The molecule has 0 atom stereocenters. The van der Waals surface area contributed by atoms with E-state index in [0.29, 0.717) is 5.56 Å². The van der Waals surface area contributed by atoms with Gasteiger partial charge in [-0.2, -0.15) is 5.10 Å². The number of aryl methyl sites for hydroxylation is 2. The van der Waals surface area contributed by atoms with Crippen LogP contribution < -0.4 is 0 Å². The van der Waals surface area contributed by atoms with Crippen molar-refractivity contribution < 1.29 is 4.79 Å². The molecule has 0 fully saturated rings. The third kappa shape index (κ3) is 1.90. The van der Waals surface area contributed by atoms with E-state index in [-0.39, 0.29) is 5.78 Å². The Morgan fingerprint density at radius 2 is 1.80 bits per heavy atom. The molecule has 3 aromatic rings. The summed E-state index contributed by atoms with van der Waals surface area (Å²) in [5, 5.41) is 4.36. The minimum Gasteiger partial charge on any atom is -0.294 e. The first-order valence-corrected chi connectivity index (χ1v) is 6.49. The van der Waals surface area contributed by atoms with Crippen molar-refractivity contribution in [3.8, 4) is 11.1 Å². The number of carbonyl (C=O) groups is 1. The van der Waals surface area contributed by atoms with Gasteiger partial charge in [0.15, 0.2) is 11.4 Å². The van der Waals surface area contributed by atoms with Crippen LogP contribution in [0, 0.1) is 13.8 Å². The lowest BCUT2D eigenvalue weighted by Crippen LogP contribution is -2.05. The summed E-state index contributed by atoms with van der Waals surface area (Å²) in [5.41, 5.74) is 5.47. The lowest BCUT2D eigenvalue weighted by molar-refractivity contribution is 0.101. The highest BCUT2D eigenvalue weighted by atomic mass is 16.1. The zero-order chi connectivity index (χ0) is 14.3. The number of nitrogens with zero attached hydrogens (tertiary/aromatic N) is 3. The van der Waals surface area contributed by atoms with Crippen molar-refractivity contribution in [3.63, 3.8) is 0 Å². The molecule has 0 aliphatic rings. The molecular formula is C16H15N3O. The number of rotatable bonds is 2. The molecule has 0 saturated heterocycles. The van der Waals surface area contributed by atoms with Crippen molar-refractivity contribution in [2.75, 3.05) is 0 Å². The number of aromatic nitrogens is 3. The van der Waals surface area contributed by atoms with E-state index in [1.807, 2.05) is 6.92 Å². The van der Waals surface area contributed by atoms with E-state index in [1.165, 1.54) is 5.56 Å². The molecule has 0 unspecified atom stereocenters. The van der Waals surface area contributed by atoms with Gasteiger partial charge in [-0.3, -0.25) is 4.79 Å². The van der Waals surface area contributed by atoms with Crippen LogP contribution in [0.15, 0.2) is 36.7 Å². The molecule has 2 heterocycles. The summed E-state index contributed by atoms with van der Waals surface area (Å²) in [5.74, 6) is 0.00397. The molecule has 0 amide bonds. The van der Waals surface area contributed by atoms with Crippen LogP contribution in [0.4, 0.5) is 0 Å². The molecule has 100 valence electrons. The second kappa shape index (κ2) is 4.56. The number of hydrogen-bond donors (Lipinski definition) is 0. The summed E-state index contributed by atoms with van der Waals surface area (Å²) in [6.45, 7) is 5.49. The minimum atomic E-state index is 0.00397. The smallest absolute Gasteiger partial charge is 0.163 e. The SMILES string of the molecule is CC(=O)c1cnc2c(-c3ccc(C)cc3)cnn2c1C. The van der Waals surface area contributed by atoms with Gasteiger partial charge in [0, 0.05) is 11.8 Å². The van der Waals surface area contributed by atoms with Crippen molar-refractivity contribution >= 4 is 11.4 Å².